The van der Waals surface area contributed by atoms with Crippen molar-refractivity contribution >= 4 is 23.6 Å². The van der Waals surface area contributed by atoms with E-state index in [-0.39, 0.29) is 23.0 Å². The number of halogens is 1. The van der Waals surface area contributed by atoms with Crippen LogP contribution in [0.2, 0.25) is 0 Å². The maximum atomic E-state index is 13.3. The van der Waals surface area contributed by atoms with Crippen LogP contribution in [0.1, 0.15) is 26.9 Å². The number of thioether (sulfide) groups is 1. The lowest BCUT2D eigenvalue weighted by Gasteiger charge is -2.22. The Morgan fingerprint density at radius 3 is 2.83 bits per heavy atom. The summed E-state index contributed by atoms with van der Waals surface area (Å²) >= 11 is 1.56. The van der Waals surface area contributed by atoms with Gasteiger partial charge in [0.2, 0.25) is 5.91 Å². The van der Waals surface area contributed by atoms with Gasteiger partial charge in [0.1, 0.15) is 17.2 Å². The van der Waals surface area contributed by atoms with E-state index >= 15 is 0 Å². The van der Waals surface area contributed by atoms with Gasteiger partial charge in [0.15, 0.2) is 11.5 Å². The quantitative estimate of drug-likeness (QED) is 0.784. The van der Waals surface area contributed by atoms with Gasteiger partial charge in [-0.25, -0.2) is 4.39 Å². The van der Waals surface area contributed by atoms with Crippen LogP contribution in [-0.2, 0) is 11.2 Å². The molecule has 0 radical (unpaired) electrons. The first-order valence-corrected chi connectivity index (χ1v) is 10.3. The zero-order chi connectivity index (χ0) is 20.5. The van der Waals surface area contributed by atoms with Crippen molar-refractivity contribution < 1.29 is 23.5 Å². The summed E-state index contributed by atoms with van der Waals surface area (Å²) in [7, 11) is 3.02. The molecule has 0 spiro atoms. The van der Waals surface area contributed by atoms with Crippen molar-refractivity contribution in [3.05, 3.63) is 58.9 Å². The molecule has 1 N–H and O–H groups in total. The highest BCUT2D eigenvalue weighted by molar-refractivity contribution is 7.99. The van der Waals surface area contributed by atoms with Gasteiger partial charge in [-0.15, -0.1) is 11.8 Å². The van der Waals surface area contributed by atoms with Crippen LogP contribution in [0.5, 0.6) is 11.5 Å². The highest BCUT2D eigenvalue weighted by Gasteiger charge is 2.50. The fourth-order valence-electron chi connectivity index (χ4n) is 3.83. The number of carbonyl (C=O) groups is 2. The lowest BCUT2D eigenvalue weighted by molar-refractivity contribution is -0.124. The Balaban J connectivity index is 1.47. The summed E-state index contributed by atoms with van der Waals surface area (Å²) in [6.07, 6.45) is 0.520. The van der Waals surface area contributed by atoms with Crippen LogP contribution in [0.15, 0.2) is 36.4 Å². The molecule has 8 heteroatoms. The average Bonchev–Trinajstić information content (AvgIpc) is 3.27. The van der Waals surface area contributed by atoms with Gasteiger partial charge in [0, 0.05) is 17.9 Å². The molecule has 0 unspecified atom stereocenters. The third-order valence-corrected chi connectivity index (χ3v) is 6.50. The van der Waals surface area contributed by atoms with Crippen LogP contribution in [0.4, 0.5) is 4.39 Å². The number of hydrogen-bond donors (Lipinski definition) is 1. The molecular weight excluding hydrogens is 395 g/mol. The Morgan fingerprint density at radius 2 is 2.10 bits per heavy atom. The minimum atomic E-state index is -0.562. The third kappa shape index (κ3) is 3.42. The summed E-state index contributed by atoms with van der Waals surface area (Å²) in [6.45, 7) is 0.375. The van der Waals surface area contributed by atoms with Crippen molar-refractivity contribution in [2.75, 3.05) is 26.5 Å². The van der Waals surface area contributed by atoms with E-state index in [1.54, 1.807) is 28.8 Å². The highest BCUT2D eigenvalue weighted by Crippen LogP contribution is 2.52. The number of rotatable bonds is 6. The van der Waals surface area contributed by atoms with Crippen LogP contribution >= 0.6 is 11.8 Å². The normalized spacial score (nSPS) is 19.7. The molecule has 4 rings (SSSR count). The van der Waals surface area contributed by atoms with Crippen molar-refractivity contribution in [2.24, 2.45) is 0 Å². The van der Waals surface area contributed by atoms with E-state index in [1.165, 1.54) is 26.4 Å². The minimum Gasteiger partial charge on any atom is -0.493 e. The Kier molecular flexibility index (Phi) is 5.36. The van der Waals surface area contributed by atoms with Gasteiger partial charge in [0.25, 0.3) is 5.91 Å². The fraction of sp³-hybridized carbons (Fsp3) is 0.333. The average molecular weight is 416 g/mol. The minimum absolute atomic E-state index is 0.205. The number of ether oxygens (including phenoxy) is 2. The summed E-state index contributed by atoms with van der Waals surface area (Å²) in [6, 6.07) is 9.38. The van der Waals surface area contributed by atoms with Crippen LogP contribution < -0.4 is 14.8 Å². The number of hydrogen-bond acceptors (Lipinski definition) is 5. The molecule has 2 aromatic carbocycles. The monoisotopic (exact) mass is 416 g/mol. The first-order chi connectivity index (χ1) is 14.0. The maximum Gasteiger partial charge on any atom is 0.260 e. The summed E-state index contributed by atoms with van der Waals surface area (Å²) in [4.78, 5) is 27.5. The van der Waals surface area contributed by atoms with Gasteiger partial charge in [-0.2, -0.15) is 0 Å². The van der Waals surface area contributed by atoms with E-state index in [4.69, 9.17) is 9.47 Å². The second-order valence-electron chi connectivity index (χ2n) is 6.85. The number of benzene rings is 2. The molecule has 2 heterocycles. The standard InChI is InChI=1S/C21H21FN2O4S/c1-27-16-7-6-14-17(18(16)28-2)20(26)24-15(11-29-21(14)24)19(25)23-9-8-12-4-3-5-13(22)10-12/h3-7,10,15,21H,8-9,11H2,1-2H3,(H,23,25)/t15-,21+/m1/s1. The maximum absolute atomic E-state index is 13.3. The van der Waals surface area contributed by atoms with Gasteiger partial charge in [-0.3, -0.25) is 9.59 Å². The Bertz CT molecular complexity index is 968. The number of amides is 2. The van der Waals surface area contributed by atoms with E-state index in [0.29, 0.717) is 35.8 Å². The van der Waals surface area contributed by atoms with Crippen molar-refractivity contribution in [2.45, 2.75) is 17.8 Å². The molecule has 2 aliphatic rings. The van der Waals surface area contributed by atoms with Crippen molar-refractivity contribution in [3.63, 3.8) is 0 Å². The molecule has 6 nitrogen and oxygen atoms in total. The Labute approximate surface area is 172 Å². The molecular formula is C21H21FN2O4S. The number of nitrogens with zero attached hydrogens (tertiary/aromatic N) is 1. The molecule has 2 atom stereocenters. The second-order valence-corrected chi connectivity index (χ2v) is 7.96. The molecule has 2 aliphatic heterocycles. The summed E-state index contributed by atoms with van der Waals surface area (Å²) < 4.78 is 24.0. The largest absolute Gasteiger partial charge is 0.493 e. The van der Waals surface area contributed by atoms with Crippen molar-refractivity contribution in [1.82, 2.24) is 10.2 Å². The molecule has 1 fully saturated rings. The van der Waals surface area contributed by atoms with Gasteiger partial charge in [-0.05, 0) is 30.2 Å². The molecule has 2 amide bonds. The number of carbonyl (C=O) groups excluding carboxylic acids is 2. The summed E-state index contributed by atoms with van der Waals surface area (Å²) in [5, 5.41) is 2.67. The first-order valence-electron chi connectivity index (χ1n) is 9.26. The molecule has 0 saturated carbocycles. The predicted octanol–water partition coefficient (Wildman–Crippen LogP) is 2.77. The first kappa shape index (κ1) is 19.6. The zero-order valence-corrected chi connectivity index (χ0v) is 16.9. The van der Waals surface area contributed by atoms with E-state index in [1.807, 2.05) is 12.1 Å². The smallest absolute Gasteiger partial charge is 0.260 e. The number of methoxy groups -OCH3 is 2. The van der Waals surface area contributed by atoms with E-state index < -0.39 is 6.04 Å². The second kappa shape index (κ2) is 7.94. The van der Waals surface area contributed by atoms with Crippen molar-refractivity contribution in [1.29, 1.82) is 0 Å². The lowest BCUT2D eigenvalue weighted by Crippen LogP contribution is -2.46. The zero-order valence-electron chi connectivity index (χ0n) is 16.1. The number of nitrogens with one attached hydrogen (secondary N) is 1. The van der Waals surface area contributed by atoms with Crippen LogP contribution in [0, 0.1) is 5.82 Å². The van der Waals surface area contributed by atoms with Crippen LogP contribution in [0.3, 0.4) is 0 Å². The molecule has 152 valence electrons. The molecule has 1 saturated heterocycles. The topological polar surface area (TPSA) is 67.9 Å². The van der Waals surface area contributed by atoms with Gasteiger partial charge in [0.05, 0.1) is 19.8 Å². The number of fused-ring (bicyclic) bond motifs is 3. The molecule has 29 heavy (non-hydrogen) atoms. The SMILES string of the molecule is COc1ccc2c(c1OC)C(=O)N1[C@@H](C(=O)NCCc3cccc(F)c3)CS[C@@H]21. The van der Waals surface area contributed by atoms with E-state index in [9.17, 15) is 14.0 Å². The molecule has 0 aromatic heterocycles. The molecule has 0 bridgehead atoms. The predicted molar refractivity (Wildman–Crippen MR) is 108 cm³/mol. The summed E-state index contributed by atoms with van der Waals surface area (Å²) in [5.74, 6) is 0.682. The third-order valence-electron chi connectivity index (χ3n) is 5.20. The van der Waals surface area contributed by atoms with Crippen LogP contribution in [0.25, 0.3) is 0 Å². The Hall–Kier alpha value is -2.74. The van der Waals surface area contributed by atoms with E-state index in [0.717, 1.165) is 11.1 Å². The highest BCUT2D eigenvalue weighted by atomic mass is 32.2. The molecule has 0 aliphatic carbocycles. The fourth-order valence-corrected chi connectivity index (χ4v) is 5.29. The van der Waals surface area contributed by atoms with Gasteiger partial charge >= 0.3 is 0 Å². The van der Waals surface area contributed by atoms with Crippen LogP contribution in [-0.4, -0.2) is 49.3 Å². The van der Waals surface area contributed by atoms with Crippen molar-refractivity contribution in [3.8, 4) is 11.5 Å². The van der Waals surface area contributed by atoms with E-state index in [2.05, 4.69) is 5.32 Å². The molecule has 2 aromatic rings. The Morgan fingerprint density at radius 1 is 1.28 bits per heavy atom. The van der Waals surface area contributed by atoms with Gasteiger partial charge < -0.3 is 19.7 Å². The lowest BCUT2D eigenvalue weighted by atomic mass is 10.1. The summed E-state index contributed by atoms with van der Waals surface area (Å²) in [5.41, 5.74) is 2.11. The van der Waals surface area contributed by atoms with Gasteiger partial charge in [-0.1, -0.05) is 18.2 Å².